The molecule has 8 nitrogen and oxygen atoms in total. The number of fused-ring (bicyclic) bond motifs is 2. The van der Waals surface area contributed by atoms with Crippen molar-refractivity contribution >= 4 is 66.7 Å². The van der Waals surface area contributed by atoms with Crippen LogP contribution in [0, 0.1) is 0 Å². The van der Waals surface area contributed by atoms with Crippen molar-refractivity contribution in [2.24, 2.45) is 0 Å². The summed E-state index contributed by atoms with van der Waals surface area (Å²) >= 11 is 0. The van der Waals surface area contributed by atoms with Crippen LogP contribution in [0.25, 0.3) is 43.1 Å². The summed E-state index contributed by atoms with van der Waals surface area (Å²) in [4.78, 5) is 62.3. The van der Waals surface area contributed by atoms with E-state index in [-0.39, 0.29) is 35.7 Å². The summed E-state index contributed by atoms with van der Waals surface area (Å²) in [5.41, 5.74) is 2.11. The van der Waals surface area contributed by atoms with Gasteiger partial charge in [0.25, 0.3) is 23.6 Å². The Bertz CT molecular complexity index is 2400. The molecular weight excluding hydrogens is 845 g/mol. The first-order chi connectivity index (χ1) is 33.4. The Kier molecular flexibility index (Phi) is 16.2. The molecule has 0 spiro atoms. The lowest BCUT2D eigenvalue weighted by molar-refractivity contribution is 0.0487. The zero-order chi connectivity index (χ0) is 47.0. The van der Waals surface area contributed by atoms with Crippen molar-refractivity contribution in [2.75, 3.05) is 13.2 Å². The third kappa shape index (κ3) is 9.73. The van der Waals surface area contributed by atoms with E-state index in [4.69, 9.17) is 9.47 Å². The Morgan fingerprint density at radius 2 is 0.706 bits per heavy atom. The van der Waals surface area contributed by atoms with Crippen molar-refractivity contribution in [2.45, 2.75) is 219 Å². The fourth-order valence-corrected chi connectivity index (χ4v) is 12.5. The first kappa shape index (κ1) is 48.3. The van der Waals surface area contributed by atoms with Gasteiger partial charge in [0.05, 0.1) is 24.3 Å². The molecule has 2 aliphatic heterocycles. The molecule has 5 aromatic carbocycles. The minimum Gasteiger partial charge on any atom is -0.493 e. The van der Waals surface area contributed by atoms with E-state index in [1.807, 2.05) is 36.4 Å². The summed E-state index contributed by atoms with van der Waals surface area (Å²) in [6, 6.07) is 11.5. The minimum atomic E-state index is -0.241. The molecule has 2 fully saturated rings. The maximum atomic E-state index is 14.9. The van der Waals surface area contributed by atoms with Crippen LogP contribution in [0.5, 0.6) is 11.5 Å². The largest absolute Gasteiger partial charge is 0.493 e. The summed E-state index contributed by atoms with van der Waals surface area (Å²) in [6.07, 6.45) is 33.9. The van der Waals surface area contributed by atoms with Gasteiger partial charge in [-0.2, -0.15) is 0 Å². The van der Waals surface area contributed by atoms with Gasteiger partial charge in [0.2, 0.25) is 0 Å². The molecule has 2 aliphatic carbocycles. The molecule has 364 valence electrons. The molecular formula is C60H78N2O6. The standard InChI is InChI=1S/C60H78N2O6/c1-3-5-7-9-11-13-15-17-19-27-37-67-49-39-47-51-45(57(63)61(59(47)65)41-29-23-21-24-30-41)36-34-44-54-50(68-38-28-20-18-16-14-12-10-8-6-4-2)40-48-52-46(35-33-43(56(52)54)53(49)55(44)51)58(64)62(60(48)66)42-31-25-22-26-32-42/h33-36,39-42H,3-32,37-38H2,1-2H3. The van der Waals surface area contributed by atoms with Crippen LogP contribution in [0.4, 0.5) is 0 Å². The van der Waals surface area contributed by atoms with E-state index in [1.54, 1.807) is 9.80 Å². The molecule has 2 heterocycles. The Morgan fingerprint density at radius 3 is 1.06 bits per heavy atom. The number of imide groups is 2. The molecule has 5 aromatic rings. The SMILES string of the molecule is CCCCCCCCCCCCOc1cc2c3c(ccc4c5c(OCCCCCCCCCCCC)cc6c7c(ccc(c1c34)c75)C(=O)N(C1CCCCC1)C6=O)C(=O)N(C1CCCCC1)C2=O. The predicted molar refractivity (Wildman–Crippen MR) is 277 cm³/mol. The molecule has 9 rings (SSSR count). The third-order valence-electron chi connectivity index (χ3n) is 16.2. The maximum Gasteiger partial charge on any atom is 0.261 e. The summed E-state index contributed by atoms with van der Waals surface area (Å²) in [7, 11) is 0. The molecule has 0 aromatic heterocycles. The van der Waals surface area contributed by atoms with Crippen LogP contribution in [0.15, 0.2) is 36.4 Å². The Labute approximate surface area is 405 Å². The molecule has 0 N–H and O–H groups in total. The van der Waals surface area contributed by atoms with Gasteiger partial charge in [-0.05, 0) is 73.6 Å². The monoisotopic (exact) mass is 923 g/mol. The first-order valence-electron chi connectivity index (χ1n) is 27.7. The highest BCUT2D eigenvalue weighted by Crippen LogP contribution is 2.52. The topological polar surface area (TPSA) is 93.2 Å². The van der Waals surface area contributed by atoms with E-state index in [1.165, 1.54) is 89.9 Å². The predicted octanol–water partition coefficient (Wildman–Crippen LogP) is 16.2. The summed E-state index contributed by atoms with van der Waals surface area (Å²) in [5, 5.41) is 6.32. The van der Waals surface area contributed by atoms with E-state index < -0.39 is 0 Å². The average Bonchev–Trinajstić information content (AvgIpc) is 3.36. The number of hydrogen-bond acceptors (Lipinski definition) is 6. The molecule has 0 saturated heterocycles. The molecule has 0 bridgehead atoms. The maximum absolute atomic E-state index is 14.9. The zero-order valence-corrected chi connectivity index (χ0v) is 41.6. The number of ether oxygens (including phenoxy) is 2. The first-order valence-corrected chi connectivity index (χ1v) is 27.7. The van der Waals surface area contributed by atoms with Gasteiger partial charge < -0.3 is 9.47 Å². The van der Waals surface area contributed by atoms with Crippen LogP contribution in [0.3, 0.4) is 0 Å². The zero-order valence-electron chi connectivity index (χ0n) is 41.6. The van der Waals surface area contributed by atoms with E-state index in [0.29, 0.717) is 57.7 Å². The van der Waals surface area contributed by atoms with Crippen molar-refractivity contribution in [3.05, 3.63) is 58.7 Å². The van der Waals surface area contributed by atoms with Crippen LogP contribution in [-0.2, 0) is 0 Å². The lowest BCUT2D eigenvalue weighted by Crippen LogP contribution is -2.48. The van der Waals surface area contributed by atoms with Gasteiger partial charge in [-0.3, -0.25) is 29.0 Å². The van der Waals surface area contributed by atoms with Crippen LogP contribution in [0.2, 0.25) is 0 Å². The number of rotatable bonds is 26. The quantitative estimate of drug-likeness (QED) is 0.0237. The Morgan fingerprint density at radius 1 is 0.382 bits per heavy atom. The van der Waals surface area contributed by atoms with Crippen molar-refractivity contribution in [3.63, 3.8) is 0 Å². The number of unbranched alkanes of at least 4 members (excludes halogenated alkanes) is 18. The molecule has 8 heteroatoms. The third-order valence-corrected chi connectivity index (χ3v) is 16.2. The van der Waals surface area contributed by atoms with E-state index in [0.717, 1.165) is 135 Å². The van der Waals surface area contributed by atoms with Crippen molar-refractivity contribution in [1.29, 1.82) is 0 Å². The van der Waals surface area contributed by atoms with Crippen molar-refractivity contribution < 1.29 is 28.7 Å². The number of benzene rings is 5. The summed E-state index contributed by atoms with van der Waals surface area (Å²) in [6.45, 7) is 5.52. The van der Waals surface area contributed by atoms with Crippen molar-refractivity contribution in [3.8, 4) is 11.5 Å². The highest BCUT2D eigenvalue weighted by atomic mass is 16.5. The Hall–Kier alpha value is -4.72. The molecule has 2 saturated carbocycles. The molecule has 68 heavy (non-hydrogen) atoms. The summed E-state index contributed by atoms with van der Waals surface area (Å²) < 4.78 is 13.8. The molecule has 4 aliphatic rings. The van der Waals surface area contributed by atoms with Crippen LogP contribution < -0.4 is 9.47 Å². The highest BCUT2D eigenvalue weighted by molar-refractivity contribution is 6.43. The second-order valence-corrected chi connectivity index (χ2v) is 21.0. The second kappa shape index (κ2) is 22.8. The lowest BCUT2D eigenvalue weighted by Gasteiger charge is -2.37. The number of carbonyl (C=O) groups excluding carboxylic acids is 4. The fourth-order valence-electron chi connectivity index (χ4n) is 12.5. The molecule has 0 unspecified atom stereocenters. The van der Waals surface area contributed by atoms with Gasteiger partial charge in [-0.25, -0.2) is 0 Å². The number of hydrogen-bond donors (Lipinski definition) is 0. The summed E-state index contributed by atoms with van der Waals surface area (Å²) in [5.74, 6) is 0.301. The lowest BCUT2D eigenvalue weighted by atomic mass is 9.80. The molecule has 0 radical (unpaired) electrons. The van der Waals surface area contributed by atoms with Crippen LogP contribution >= 0.6 is 0 Å². The van der Waals surface area contributed by atoms with Gasteiger partial charge in [-0.1, -0.05) is 180 Å². The Balaban J connectivity index is 1.12. The number of carbonyl (C=O) groups is 4. The second-order valence-electron chi connectivity index (χ2n) is 21.0. The highest BCUT2D eigenvalue weighted by Gasteiger charge is 2.42. The number of amides is 4. The van der Waals surface area contributed by atoms with E-state index >= 15 is 0 Å². The van der Waals surface area contributed by atoms with Crippen molar-refractivity contribution in [1.82, 2.24) is 9.80 Å². The normalized spacial score (nSPS) is 17.0. The van der Waals surface area contributed by atoms with Gasteiger partial charge >= 0.3 is 0 Å². The molecule has 4 amide bonds. The molecule has 0 atom stereocenters. The van der Waals surface area contributed by atoms with Crippen LogP contribution in [-0.4, -0.2) is 58.7 Å². The fraction of sp³-hybridized carbons (Fsp3) is 0.600. The van der Waals surface area contributed by atoms with E-state index in [2.05, 4.69) is 13.8 Å². The van der Waals surface area contributed by atoms with E-state index in [9.17, 15) is 19.2 Å². The van der Waals surface area contributed by atoms with Crippen LogP contribution in [0.1, 0.15) is 248 Å². The average molecular weight is 923 g/mol. The van der Waals surface area contributed by atoms with Gasteiger partial charge in [0, 0.05) is 55.5 Å². The van der Waals surface area contributed by atoms with Gasteiger partial charge in [0.15, 0.2) is 0 Å². The van der Waals surface area contributed by atoms with Gasteiger partial charge in [0.1, 0.15) is 11.5 Å². The smallest absolute Gasteiger partial charge is 0.261 e. The van der Waals surface area contributed by atoms with Gasteiger partial charge in [-0.15, -0.1) is 0 Å². The minimum absolute atomic E-state index is 0.124. The number of nitrogens with zero attached hydrogens (tertiary/aromatic N) is 2.